The van der Waals surface area contributed by atoms with Gasteiger partial charge in [-0.1, -0.05) is 17.7 Å². The molecule has 0 radical (unpaired) electrons. The fourth-order valence-corrected chi connectivity index (χ4v) is 3.32. The number of amides is 1. The van der Waals surface area contributed by atoms with Gasteiger partial charge in [0.2, 0.25) is 6.79 Å². The lowest BCUT2D eigenvalue weighted by atomic mass is 10.1. The van der Waals surface area contributed by atoms with Gasteiger partial charge in [0, 0.05) is 24.4 Å². The third-order valence-electron chi connectivity index (χ3n) is 4.70. The number of rotatable bonds is 3. The van der Waals surface area contributed by atoms with E-state index >= 15 is 0 Å². The van der Waals surface area contributed by atoms with E-state index in [4.69, 9.17) is 21.1 Å². The van der Waals surface area contributed by atoms with Crippen molar-refractivity contribution in [2.45, 2.75) is 13.1 Å². The lowest BCUT2D eigenvalue weighted by molar-refractivity contribution is -0.141. The molecular weight excluding hydrogens is 423 g/mol. The summed E-state index contributed by atoms with van der Waals surface area (Å²) in [5, 5.41) is 3.12. The van der Waals surface area contributed by atoms with Gasteiger partial charge in [0.1, 0.15) is 0 Å². The Morgan fingerprint density at radius 2 is 1.90 bits per heavy atom. The van der Waals surface area contributed by atoms with Crippen molar-refractivity contribution in [2.75, 3.05) is 18.7 Å². The smallest absolute Gasteiger partial charge is 0.436 e. The molecule has 156 valence electrons. The molecule has 10 heteroatoms. The first kappa shape index (κ1) is 20.1. The zero-order valence-corrected chi connectivity index (χ0v) is 16.6. The number of carbonyl (C=O) groups is 1. The Bertz CT molecular complexity index is 1140. The van der Waals surface area contributed by atoms with Crippen LogP contribution in [0.2, 0.25) is 5.02 Å². The summed E-state index contributed by atoms with van der Waals surface area (Å²) in [6.07, 6.45) is -4.68. The molecular formula is C20H15ClF3N3O3. The zero-order valence-electron chi connectivity index (χ0n) is 15.8. The number of fused-ring (bicyclic) bond motifs is 1. The molecule has 0 unspecified atom stereocenters. The summed E-state index contributed by atoms with van der Waals surface area (Å²) in [5.74, 6) is 0.762. The minimum absolute atomic E-state index is 0.115. The minimum Gasteiger partial charge on any atom is -0.454 e. The number of hydrogen-bond donors (Lipinski definition) is 0. The number of carbonyl (C=O) groups excluding carboxylic acids is 1. The standard InChI is InChI=1S/C20H15ClF3N3O3/c1-11-17(21)18(20(22,23)24)25-27(11)14-5-3-4-12(8-14)19(28)26(2)13-6-7-15-16(9-13)30-10-29-15/h3-9H,10H2,1-2H3. The average Bonchev–Trinajstić information content (AvgIpc) is 3.31. The van der Waals surface area contributed by atoms with Crippen LogP contribution in [-0.2, 0) is 6.18 Å². The Morgan fingerprint density at radius 3 is 2.60 bits per heavy atom. The molecule has 6 nitrogen and oxygen atoms in total. The van der Waals surface area contributed by atoms with E-state index in [0.29, 0.717) is 17.2 Å². The number of ether oxygens (including phenoxy) is 2. The molecule has 2 heterocycles. The summed E-state index contributed by atoms with van der Waals surface area (Å²) in [6, 6.07) is 11.2. The maximum absolute atomic E-state index is 13.1. The summed E-state index contributed by atoms with van der Waals surface area (Å²) < 4.78 is 51.0. The number of anilines is 1. The molecule has 0 N–H and O–H groups in total. The van der Waals surface area contributed by atoms with E-state index in [2.05, 4.69) is 5.10 Å². The molecule has 0 aliphatic carbocycles. The van der Waals surface area contributed by atoms with Crippen molar-refractivity contribution < 1.29 is 27.4 Å². The van der Waals surface area contributed by atoms with Crippen molar-refractivity contribution in [3.8, 4) is 17.2 Å². The van der Waals surface area contributed by atoms with Gasteiger partial charge in [0.05, 0.1) is 16.4 Å². The van der Waals surface area contributed by atoms with Gasteiger partial charge >= 0.3 is 6.18 Å². The van der Waals surface area contributed by atoms with Crippen LogP contribution in [0.25, 0.3) is 5.69 Å². The van der Waals surface area contributed by atoms with Gasteiger partial charge < -0.3 is 14.4 Å². The maximum Gasteiger partial charge on any atom is 0.436 e. The Morgan fingerprint density at radius 1 is 1.17 bits per heavy atom. The van der Waals surface area contributed by atoms with Gasteiger partial charge in [0.15, 0.2) is 17.2 Å². The second-order valence-corrected chi connectivity index (χ2v) is 6.99. The summed E-state index contributed by atoms with van der Waals surface area (Å²) in [7, 11) is 1.59. The molecule has 0 saturated carbocycles. The van der Waals surface area contributed by atoms with Gasteiger partial charge in [-0.25, -0.2) is 4.68 Å². The predicted octanol–water partition coefficient (Wildman–Crippen LogP) is 4.86. The molecule has 4 rings (SSSR count). The summed E-state index contributed by atoms with van der Waals surface area (Å²) in [6.45, 7) is 1.54. The first-order valence-electron chi connectivity index (χ1n) is 8.77. The highest BCUT2D eigenvalue weighted by Gasteiger charge is 2.38. The first-order chi connectivity index (χ1) is 14.2. The molecule has 2 aromatic carbocycles. The van der Waals surface area contributed by atoms with Gasteiger partial charge in [-0.05, 0) is 37.3 Å². The fraction of sp³-hybridized carbons (Fsp3) is 0.200. The number of nitrogens with zero attached hydrogens (tertiary/aromatic N) is 3. The Hall–Kier alpha value is -3.20. The number of halogens is 4. The third-order valence-corrected chi connectivity index (χ3v) is 5.15. The third kappa shape index (κ3) is 3.45. The van der Waals surface area contributed by atoms with Gasteiger partial charge in [0.25, 0.3) is 5.91 Å². The van der Waals surface area contributed by atoms with Gasteiger partial charge in [-0.2, -0.15) is 18.3 Å². The summed E-state index contributed by atoms with van der Waals surface area (Å²) >= 11 is 5.83. The number of benzene rings is 2. The van der Waals surface area contributed by atoms with Crippen LogP contribution in [0.4, 0.5) is 18.9 Å². The molecule has 0 spiro atoms. The van der Waals surface area contributed by atoms with Crippen LogP contribution in [0.5, 0.6) is 11.5 Å². The van der Waals surface area contributed by atoms with E-state index < -0.39 is 16.9 Å². The van der Waals surface area contributed by atoms with E-state index in [9.17, 15) is 18.0 Å². The highest BCUT2D eigenvalue weighted by atomic mass is 35.5. The quantitative estimate of drug-likeness (QED) is 0.587. The van der Waals surface area contributed by atoms with Crippen LogP contribution in [0, 0.1) is 6.92 Å². The van der Waals surface area contributed by atoms with Crippen molar-refractivity contribution in [1.82, 2.24) is 9.78 Å². The van der Waals surface area contributed by atoms with Crippen LogP contribution >= 0.6 is 11.6 Å². The number of alkyl halides is 3. The first-order valence-corrected chi connectivity index (χ1v) is 9.15. The van der Waals surface area contributed by atoms with Crippen molar-refractivity contribution in [3.63, 3.8) is 0 Å². The monoisotopic (exact) mass is 437 g/mol. The van der Waals surface area contributed by atoms with Crippen LogP contribution in [-0.4, -0.2) is 29.5 Å². The van der Waals surface area contributed by atoms with Crippen molar-refractivity contribution in [1.29, 1.82) is 0 Å². The SMILES string of the molecule is Cc1c(Cl)c(C(F)(F)F)nn1-c1cccc(C(=O)N(C)c2ccc3c(c2)OCO3)c1. The molecule has 1 aliphatic rings. The van der Waals surface area contributed by atoms with E-state index in [1.807, 2.05) is 0 Å². The largest absolute Gasteiger partial charge is 0.454 e. The average molecular weight is 438 g/mol. The van der Waals surface area contributed by atoms with Crippen LogP contribution in [0.15, 0.2) is 42.5 Å². The van der Waals surface area contributed by atoms with E-state index in [-0.39, 0.29) is 29.6 Å². The molecule has 1 aliphatic heterocycles. The van der Waals surface area contributed by atoms with Gasteiger partial charge in [-0.15, -0.1) is 0 Å². The molecule has 1 amide bonds. The summed E-state index contributed by atoms with van der Waals surface area (Å²) in [5.41, 5.74) is 0.0861. The normalized spacial score (nSPS) is 12.9. The number of aromatic nitrogens is 2. The molecule has 0 fully saturated rings. The van der Waals surface area contributed by atoms with Crippen LogP contribution in [0.3, 0.4) is 0 Å². The fourth-order valence-electron chi connectivity index (χ4n) is 3.09. The lowest BCUT2D eigenvalue weighted by Gasteiger charge is -2.18. The van der Waals surface area contributed by atoms with E-state index in [0.717, 1.165) is 4.68 Å². The van der Waals surface area contributed by atoms with Crippen molar-refractivity contribution in [3.05, 3.63) is 64.4 Å². The van der Waals surface area contributed by atoms with E-state index in [1.165, 1.54) is 17.9 Å². The molecule has 0 atom stereocenters. The highest BCUT2D eigenvalue weighted by Crippen LogP contribution is 2.37. The summed E-state index contributed by atoms with van der Waals surface area (Å²) in [4.78, 5) is 14.4. The minimum atomic E-state index is -4.68. The Balaban J connectivity index is 1.66. The predicted molar refractivity (Wildman–Crippen MR) is 104 cm³/mol. The van der Waals surface area contributed by atoms with Gasteiger partial charge in [-0.3, -0.25) is 4.79 Å². The Kier molecular flexibility index (Phi) is 4.85. The van der Waals surface area contributed by atoms with Crippen LogP contribution < -0.4 is 14.4 Å². The second-order valence-electron chi connectivity index (χ2n) is 6.61. The molecule has 3 aromatic rings. The maximum atomic E-state index is 13.1. The second kappa shape index (κ2) is 7.24. The molecule has 30 heavy (non-hydrogen) atoms. The van der Waals surface area contributed by atoms with Crippen molar-refractivity contribution >= 4 is 23.2 Å². The molecule has 0 bridgehead atoms. The Labute approximate surface area is 174 Å². The topological polar surface area (TPSA) is 56.6 Å². The lowest BCUT2D eigenvalue weighted by Crippen LogP contribution is -2.26. The number of hydrogen-bond acceptors (Lipinski definition) is 4. The molecule has 1 aromatic heterocycles. The van der Waals surface area contributed by atoms with Crippen molar-refractivity contribution in [2.24, 2.45) is 0 Å². The molecule has 0 saturated heterocycles. The zero-order chi connectivity index (χ0) is 21.6. The van der Waals surface area contributed by atoms with E-state index in [1.54, 1.807) is 43.4 Å². The highest BCUT2D eigenvalue weighted by molar-refractivity contribution is 6.32. The van der Waals surface area contributed by atoms with Crippen LogP contribution in [0.1, 0.15) is 21.7 Å².